The summed E-state index contributed by atoms with van der Waals surface area (Å²) < 4.78 is 17.0. The third kappa shape index (κ3) is 2.37. The van der Waals surface area contributed by atoms with Crippen LogP contribution in [0.5, 0.6) is 0 Å². The van der Waals surface area contributed by atoms with Gasteiger partial charge in [-0.2, -0.15) is 0 Å². The van der Waals surface area contributed by atoms with Crippen LogP contribution in [0.2, 0.25) is 0 Å². The molecule has 0 N–H and O–H groups in total. The van der Waals surface area contributed by atoms with Crippen molar-refractivity contribution in [3.05, 3.63) is 35.4 Å². The van der Waals surface area contributed by atoms with Crippen molar-refractivity contribution in [2.75, 3.05) is 19.8 Å². The average molecular weight is 234 g/mol. The first kappa shape index (κ1) is 11.2. The van der Waals surface area contributed by atoms with Crippen LogP contribution in [0.4, 0.5) is 0 Å². The Bertz CT molecular complexity index is 363. The van der Waals surface area contributed by atoms with Crippen molar-refractivity contribution in [1.29, 1.82) is 0 Å². The Kier molecular flexibility index (Phi) is 2.90. The molecule has 3 fully saturated rings. The highest BCUT2D eigenvalue weighted by molar-refractivity contribution is 5.21. The second kappa shape index (κ2) is 4.41. The molecule has 3 aliphatic rings. The molecule has 3 nitrogen and oxygen atoms in total. The standard InChI is InChI=1S/C14H18O3/c1-11-2-4-12(5-3-11)6-7-14-15-8-13(9-16-14)10-17-14/h2-5,13H,6-10H2,1H3. The monoisotopic (exact) mass is 234 g/mol. The lowest BCUT2D eigenvalue weighted by Crippen LogP contribution is -2.54. The molecule has 0 unspecified atom stereocenters. The second-order valence-electron chi connectivity index (χ2n) is 4.97. The van der Waals surface area contributed by atoms with Gasteiger partial charge in [0.25, 0.3) is 5.97 Å². The number of hydrogen-bond acceptors (Lipinski definition) is 3. The minimum absolute atomic E-state index is 0.427. The summed E-state index contributed by atoms with van der Waals surface area (Å²) in [4.78, 5) is 0. The molecule has 0 saturated carbocycles. The third-order valence-corrected chi connectivity index (χ3v) is 3.46. The topological polar surface area (TPSA) is 27.7 Å². The zero-order valence-electron chi connectivity index (χ0n) is 10.1. The van der Waals surface area contributed by atoms with Gasteiger partial charge in [0, 0.05) is 12.3 Å². The lowest BCUT2D eigenvalue weighted by Gasteiger charge is -2.45. The number of hydrogen-bond donors (Lipinski definition) is 0. The summed E-state index contributed by atoms with van der Waals surface area (Å²) in [6, 6.07) is 8.57. The Balaban J connectivity index is 1.61. The first-order chi connectivity index (χ1) is 8.26. The number of aryl methyl sites for hydroxylation is 2. The van der Waals surface area contributed by atoms with Gasteiger partial charge in [-0.15, -0.1) is 0 Å². The van der Waals surface area contributed by atoms with Crippen LogP contribution in [-0.2, 0) is 20.6 Å². The maximum atomic E-state index is 5.67. The van der Waals surface area contributed by atoms with Crippen molar-refractivity contribution in [1.82, 2.24) is 0 Å². The van der Waals surface area contributed by atoms with Crippen LogP contribution in [-0.4, -0.2) is 25.8 Å². The van der Waals surface area contributed by atoms with E-state index in [0.29, 0.717) is 5.92 Å². The largest absolute Gasteiger partial charge is 0.327 e. The lowest BCUT2D eigenvalue weighted by atomic mass is 10.0. The van der Waals surface area contributed by atoms with Crippen LogP contribution in [0.25, 0.3) is 0 Å². The molecule has 0 spiro atoms. The highest BCUT2D eigenvalue weighted by Crippen LogP contribution is 2.33. The minimum atomic E-state index is -0.764. The smallest absolute Gasteiger partial charge is 0.283 e. The Hall–Kier alpha value is -0.900. The van der Waals surface area contributed by atoms with Gasteiger partial charge in [0.1, 0.15) is 0 Å². The normalized spacial score (nSPS) is 31.7. The van der Waals surface area contributed by atoms with E-state index < -0.39 is 5.97 Å². The number of benzene rings is 1. The number of rotatable bonds is 3. The summed E-state index contributed by atoms with van der Waals surface area (Å²) in [7, 11) is 0. The van der Waals surface area contributed by atoms with Crippen molar-refractivity contribution in [2.24, 2.45) is 5.92 Å². The maximum Gasteiger partial charge on any atom is 0.283 e. The van der Waals surface area contributed by atoms with E-state index in [1.165, 1.54) is 11.1 Å². The molecular formula is C14H18O3. The molecule has 3 heteroatoms. The predicted octanol–water partition coefficient (Wildman–Crippen LogP) is 2.27. The number of fused-ring (bicyclic) bond motifs is 3. The molecule has 3 aliphatic heterocycles. The molecule has 4 rings (SSSR count). The lowest BCUT2D eigenvalue weighted by molar-refractivity contribution is -0.449. The van der Waals surface area contributed by atoms with Crippen molar-refractivity contribution >= 4 is 0 Å². The first-order valence-electron chi connectivity index (χ1n) is 6.23. The van der Waals surface area contributed by atoms with Crippen molar-refractivity contribution in [2.45, 2.75) is 25.7 Å². The molecule has 0 aliphatic carbocycles. The fourth-order valence-corrected chi connectivity index (χ4v) is 2.27. The third-order valence-electron chi connectivity index (χ3n) is 3.46. The molecule has 1 aromatic carbocycles. The van der Waals surface area contributed by atoms with Crippen LogP contribution in [0.3, 0.4) is 0 Å². The van der Waals surface area contributed by atoms with Crippen molar-refractivity contribution in [3.8, 4) is 0 Å². The van der Waals surface area contributed by atoms with E-state index in [1.54, 1.807) is 0 Å². The maximum absolute atomic E-state index is 5.67. The SMILES string of the molecule is Cc1ccc(CCC23OCC(CO2)CO3)cc1. The van der Waals surface area contributed by atoms with Gasteiger partial charge in [0.2, 0.25) is 0 Å². The number of ether oxygens (including phenoxy) is 3. The summed E-state index contributed by atoms with van der Waals surface area (Å²) in [5, 5.41) is 0. The Labute approximate surface area is 102 Å². The Morgan fingerprint density at radius 1 is 1.06 bits per heavy atom. The van der Waals surface area contributed by atoms with Crippen molar-refractivity contribution in [3.63, 3.8) is 0 Å². The van der Waals surface area contributed by atoms with Crippen LogP contribution in [0.1, 0.15) is 17.5 Å². The molecule has 0 amide bonds. The molecule has 1 aromatic rings. The molecule has 3 saturated heterocycles. The first-order valence-corrected chi connectivity index (χ1v) is 6.23. The fourth-order valence-electron chi connectivity index (χ4n) is 2.27. The quantitative estimate of drug-likeness (QED) is 0.803. The summed E-state index contributed by atoms with van der Waals surface area (Å²) in [6.45, 7) is 4.41. The summed E-state index contributed by atoms with van der Waals surface area (Å²) in [6.07, 6.45) is 1.69. The van der Waals surface area contributed by atoms with E-state index >= 15 is 0 Å². The molecular weight excluding hydrogens is 216 g/mol. The summed E-state index contributed by atoms with van der Waals surface area (Å²) in [5.74, 6) is -0.337. The Morgan fingerprint density at radius 3 is 2.24 bits per heavy atom. The molecule has 0 atom stereocenters. The van der Waals surface area contributed by atoms with Crippen molar-refractivity contribution < 1.29 is 14.2 Å². The molecule has 92 valence electrons. The van der Waals surface area contributed by atoms with E-state index in [1.807, 2.05) is 0 Å². The van der Waals surface area contributed by atoms with E-state index in [0.717, 1.165) is 32.7 Å². The average Bonchev–Trinajstić information content (AvgIpc) is 2.40. The Morgan fingerprint density at radius 2 is 1.65 bits per heavy atom. The van der Waals surface area contributed by atoms with Crippen LogP contribution >= 0.6 is 0 Å². The minimum Gasteiger partial charge on any atom is -0.327 e. The zero-order chi connectivity index (χ0) is 11.7. The van der Waals surface area contributed by atoms with E-state index in [2.05, 4.69) is 31.2 Å². The summed E-state index contributed by atoms with van der Waals surface area (Å²) >= 11 is 0. The molecule has 17 heavy (non-hydrogen) atoms. The van der Waals surface area contributed by atoms with Gasteiger partial charge in [-0.25, -0.2) is 0 Å². The van der Waals surface area contributed by atoms with Gasteiger partial charge >= 0.3 is 0 Å². The van der Waals surface area contributed by atoms with Gasteiger partial charge in [0.05, 0.1) is 19.8 Å². The molecule has 2 bridgehead atoms. The van der Waals surface area contributed by atoms with Gasteiger partial charge in [-0.1, -0.05) is 29.8 Å². The van der Waals surface area contributed by atoms with Gasteiger partial charge < -0.3 is 14.2 Å². The van der Waals surface area contributed by atoms with Gasteiger partial charge in [-0.05, 0) is 18.9 Å². The van der Waals surface area contributed by atoms with Crippen LogP contribution in [0.15, 0.2) is 24.3 Å². The highest BCUT2D eigenvalue weighted by Gasteiger charge is 2.44. The van der Waals surface area contributed by atoms with Crippen LogP contribution in [0, 0.1) is 12.8 Å². The van der Waals surface area contributed by atoms with E-state index in [-0.39, 0.29) is 0 Å². The molecule has 0 radical (unpaired) electrons. The second-order valence-corrected chi connectivity index (χ2v) is 4.97. The predicted molar refractivity (Wildman–Crippen MR) is 63.6 cm³/mol. The molecule has 0 aromatic heterocycles. The molecule has 3 heterocycles. The van der Waals surface area contributed by atoms with E-state index in [4.69, 9.17) is 14.2 Å². The zero-order valence-corrected chi connectivity index (χ0v) is 10.1. The van der Waals surface area contributed by atoms with E-state index in [9.17, 15) is 0 Å². The van der Waals surface area contributed by atoms with Gasteiger partial charge in [-0.3, -0.25) is 0 Å². The summed E-state index contributed by atoms with van der Waals surface area (Å²) in [5.41, 5.74) is 2.59. The van der Waals surface area contributed by atoms with Crippen LogP contribution < -0.4 is 0 Å². The highest BCUT2D eigenvalue weighted by atomic mass is 16.9. The van der Waals surface area contributed by atoms with Gasteiger partial charge in [0.15, 0.2) is 0 Å². The fraction of sp³-hybridized carbons (Fsp3) is 0.571.